The fourth-order valence-corrected chi connectivity index (χ4v) is 6.02. The van der Waals surface area contributed by atoms with Crippen LogP contribution in [0.2, 0.25) is 0 Å². The molecule has 3 aromatic carbocycles. The molecule has 1 aliphatic rings. The molecule has 1 amide bonds. The van der Waals surface area contributed by atoms with Gasteiger partial charge in [-0.05, 0) is 67.1 Å². The Morgan fingerprint density at radius 3 is 2.47 bits per heavy atom. The van der Waals surface area contributed by atoms with Gasteiger partial charge in [0.15, 0.2) is 0 Å². The molecule has 1 aliphatic heterocycles. The number of ether oxygens (including phenoxy) is 1. The number of H-pyrrole nitrogens is 1. The number of aromatic hydroxyl groups is 1. The van der Waals surface area contributed by atoms with Gasteiger partial charge in [-0.15, -0.1) is 0 Å². The molecular formula is C37H44N4O6. The number of phenols is 1. The third-order valence-corrected chi connectivity index (χ3v) is 8.65. The van der Waals surface area contributed by atoms with E-state index in [1.54, 1.807) is 12.1 Å². The number of phenolic OH excluding ortho intramolecular Hbond substituents is 1. The Balaban J connectivity index is 0.913. The maximum Gasteiger partial charge on any atom is 0.339 e. The fourth-order valence-electron chi connectivity index (χ4n) is 6.02. The molecule has 1 fully saturated rings. The number of unbranched alkanes of at least 4 members (excludes halogenated alkanes) is 2. The Morgan fingerprint density at radius 1 is 0.915 bits per heavy atom. The summed E-state index contributed by atoms with van der Waals surface area (Å²) in [6.45, 7) is 3.95. The van der Waals surface area contributed by atoms with Crippen LogP contribution in [-0.2, 0) is 9.53 Å². The predicted molar refractivity (Wildman–Crippen MR) is 182 cm³/mol. The molecule has 1 atom stereocenters. The SMILES string of the molecule is O=C(CCN1CCC(OC(=O)c2ccccc2-c2ccccc2)CC1)NCCCCCNC[C@H](O)c1ccc(O)c2[nH]c(=O)ccc12. The van der Waals surface area contributed by atoms with Gasteiger partial charge in [-0.1, -0.05) is 61.0 Å². The van der Waals surface area contributed by atoms with Crippen molar-refractivity contribution >= 4 is 22.8 Å². The van der Waals surface area contributed by atoms with E-state index in [0.29, 0.717) is 48.1 Å². The second-order valence-corrected chi connectivity index (χ2v) is 12.0. The standard InChI is InChI=1S/C37H44N4O6/c42-32-15-13-29(30-14-16-35(45)40-36(30)32)33(43)25-38-20-7-2-8-21-39-34(44)19-24-41-22-17-27(18-23-41)47-37(46)31-12-6-5-11-28(31)26-9-3-1-4-10-26/h1,3-6,9-16,27,33,38,42-43H,2,7-8,17-25H2,(H,39,44)(H,40,45)/t33-/m0/s1. The van der Waals surface area contributed by atoms with Crippen molar-refractivity contribution in [3.05, 3.63) is 100 Å². The summed E-state index contributed by atoms with van der Waals surface area (Å²) in [5.41, 5.74) is 3.08. The molecule has 5 rings (SSSR count). The molecule has 4 aromatic rings. The van der Waals surface area contributed by atoms with Crippen LogP contribution in [0.3, 0.4) is 0 Å². The van der Waals surface area contributed by atoms with E-state index in [0.717, 1.165) is 62.9 Å². The Kier molecular flexibility index (Phi) is 12.2. The first-order valence-electron chi connectivity index (χ1n) is 16.5. The quantitative estimate of drug-likeness (QED) is 0.0943. The highest BCUT2D eigenvalue weighted by atomic mass is 16.5. The highest BCUT2D eigenvalue weighted by Gasteiger charge is 2.24. The lowest BCUT2D eigenvalue weighted by Crippen LogP contribution is -2.39. The minimum absolute atomic E-state index is 0.0320. The number of amides is 1. The number of nitrogens with one attached hydrogen (secondary N) is 3. The Hall–Kier alpha value is -4.51. The maximum atomic E-state index is 13.0. The lowest BCUT2D eigenvalue weighted by Gasteiger charge is -2.31. The van der Waals surface area contributed by atoms with Gasteiger partial charge in [-0.3, -0.25) is 9.59 Å². The van der Waals surface area contributed by atoms with Gasteiger partial charge in [0.2, 0.25) is 11.5 Å². The van der Waals surface area contributed by atoms with Crippen LogP contribution >= 0.6 is 0 Å². The van der Waals surface area contributed by atoms with Crippen molar-refractivity contribution in [3.8, 4) is 16.9 Å². The third-order valence-electron chi connectivity index (χ3n) is 8.65. The second-order valence-electron chi connectivity index (χ2n) is 12.0. The lowest BCUT2D eigenvalue weighted by molar-refractivity contribution is -0.121. The topological polar surface area (TPSA) is 144 Å². The molecule has 0 aliphatic carbocycles. The first-order chi connectivity index (χ1) is 22.9. The second kappa shape index (κ2) is 16.9. The first kappa shape index (κ1) is 33.8. The molecule has 0 radical (unpaired) electrons. The molecule has 0 bridgehead atoms. The van der Waals surface area contributed by atoms with Crippen molar-refractivity contribution in [2.45, 2.75) is 50.7 Å². The number of nitrogens with zero attached hydrogens (tertiary/aromatic N) is 1. The number of likely N-dealkylation sites (tertiary alicyclic amines) is 1. The zero-order valence-electron chi connectivity index (χ0n) is 26.6. The summed E-state index contributed by atoms with van der Waals surface area (Å²) in [6.07, 6.45) is 3.74. The molecule has 0 unspecified atom stereocenters. The number of aromatic nitrogens is 1. The van der Waals surface area contributed by atoms with E-state index in [9.17, 15) is 24.6 Å². The molecule has 10 heteroatoms. The van der Waals surface area contributed by atoms with Crippen LogP contribution in [0.25, 0.3) is 22.0 Å². The maximum absolute atomic E-state index is 13.0. The molecular weight excluding hydrogens is 596 g/mol. The minimum Gasteiger partial charge on any atom is -0.506 e. The number of esters is 1. The van der Waals surface area contributed by atoms with Crippen LogP contribution in [0.1, 0.15) is 60.6 Å². The number of aliphatic hydroxyl groups excluding tert-OH is 1. The number of hydrogen-bond donors (Lipinski definition) is 5. The molecule has 5 N–H and O–H groups in total. The number of aliphatic hydroxyl groups is 1. The number of piperidine rings is 1. The monoisotopic (exact) mass is 640 g/mol. The molecule has 0 saturated carbocycles. The Labute approximate surface area is 274 Å². The molecule has 0 spiro atoms. The minimum atomic E-state index is -0.786. The van der Waals surface area contributed by atoms with E-state index in [-0.39, 0.29) is 29.3 Å². The summed E-state index contributed by atoms with van der Waals surface area (Å²) >= 11 is 0. The van der Waals surface area contributed by atoms with E-state index in [2.05, 4.69) is 20.5 Å². The van der Waals surface area contributed by atoms with Crippen LogP contribution < -0.4 is 16.2 Å². The summed E-state index contributed by atoms with van der Waals surface area (Å²) in [5.74, 6) is -0.284. The van der Waals surface area contributed by atoms with Crippen molar-refractivity contribution in [1.29, 1.82) is 0 Å². The Bertz CT molecular complexity index is 1680. The first-order valence-corrected chi connectivity index (χ1v) is 16.5. The van der Waals surface area contributed by atoms with Crippen molar-refractivity contribution in [2.24, 2.45) is 0 Å². The van der Waals surface area contributed by atoms with Gasteiger partial charge >= 0.3 is 5.97 Å². The van der Waals surface area contributed by atoms with Crippen LogP contribution in [0, 0.1) is 0 Å². The molecule has 47 heavy (non-hydrogen) atoms. The molecule has 1 saturated heterocycles. The summed E-state index contributed by atoms with van der Waals surface area (Å²) < 4.78 is 5.89. The molecule has 1 aromatic heterocycles. The van der Waals surface area contributed by atoms with E-state index in [1.807, 2.05) is 54.6 Å². The zero-order chi connectivity index (χ0) is 33.0. The number of rotatable bonds is 15. The fraction of sp³-hybridized carbons (Fsp3) is 0.378. The average Bonchev–Trinajstić information content (AvgIpc) is 3.09. The summed E-state index contributed by atoms with van der Waals surface area (Å²) in [4.78, 5) is 41.9. The summed E-state index contributed by atoms with van der Waals surface area (Å²) in [5, 5.41) is 27.6. The van der Waals surface area contributed by atoms with Gasteiger partial charge in [-0.2, -0.15) is 0 Å². The van der Waals surface area contributed by atoms with Crippen molar-refractivity contribution in [3.63, 3.8) is 0 Å². The van der Waals surface area contributed by atoms with Crippen LogP contribution in [-0.4, -0.2) is 77.3 Å². The van der Waals surface area contributed by atoms with Gasteiger partial charge < -0.3 is 35.5 Å². The average molecular weight is 641 g/mol. The van der Waals surface area contributed by atoms with Gasteiger partial charge in [0.25, 0.3) is 0 Å². The van der Waals surface area contributed by atoms with E-state index in [1.165, 1.54) is 12.1 Å². The van der Waals surface area contributed by atoms with Crippen LogP contribution in [0.4, 0.5) is 0 Å². The van der Waals surface area contributed by atoms with Crippen molar-refractivity contribution in [1.82, 2.24) is 20.5 Å². The van der Waals surface area contributed by atoms with E-state index in [4.69, 9.17) is 4.74 Å². The van der Waals surface area contributed by atoms with E-state index < -0.39 is 6.10 Å². The van der Waals surface area contributed by atoms with Crippen molar-refractivity contribution < 1.29 is 24.5 Å². The van der Waals surface area contributed by atoms with Gasteiger partial charge in [-0.25, -0.2) is 4.79 Å². The number of benzene rings is 3. The van der Waals surface area contributed by atoms with Crippen LogP contribution in [0.15, 0.2) is 83.7 Å². The predicted octanol–water partition coefficient (Wildman–Crippen LogP) is 4.52. The third kappa shape index (κ3) is 9.51. The summed E-state index contributed by atoms with van der Waals surface area (Å²) in [6, 6.07) is 23.5. The smallest absolute Gasteiger partial charge is 0.339 e. The summed E-state index contributed by atoms with van der Waals surface area (Å²) in [7, 11) is 0. The van der Waals surface area contributed by atoms with Crippen molar-refractivity contribution in [2.75, 3.05) is 39.3 Å². The Morgan fingerprint density at radius 2 is 1.66 bits per heavy atom. The number of hydrogen-bond acceptors (Lipinski definition) is 8. The molecule has 248 valence electrons. The zero-order valence-corrected chi connectivity index (χ0v) is 26.6. The molecule has 10 nitrogen and oxygen atoms in total. The number of fused-ring (bicyclic) bond motifs is 1. The van der Waals surface area contributed by atoms with Gasteiger partial charge in [0.05, 0.1) is 17.2 Å². The van der Waals surface area contributed by atoms with Crippen LogP contribution in [0.5, 0.6) is 5.75 Å². The lowest BCUT2D eigenvalue weighted by atomic mass is 9.99. The van der Waals surface area contributed by atoms with Gasteiger partial charge in [0.1, 0.15) is 11.9 Å². The number of carbonyl (C=O) groups excluding carboxylic acids is 2. The highest BCUT2D eigenvalue weighted by molar-refractivity contribution is 5.97. The highest BCUT2D eigenvalue weighted by Crippen LogP contribution is 2.29. The normalized spacial score (nSPS) is 14.6. The largest absolute Gasteiger partial charge is 0.506 e. The van der Waals surface area contributed by atoms with E-state index >= 15 is 0 Å². The molecule has 2 heterocycles. The number of carbonyl (C=O) groups is 2. The van der Waals surface area contributed by atoms with Gasteiger partial charge in [0, 0.05) is 50.6 Å². The number of aromatic amines is 1. The number of pyridine rings is 1.